The molecule has 1 amide bonds. The Labute approximate surface area is 94.0 Å². The Hall–Kier alpha value is -1.58. The minimum absolute atomic E-state index is 0.0494. The van der Waals surface area contributed by atoms with Gasteiger partial charge in [-0.15, -0.1) is 0 Å². The van der Waals surface area contributed by atoms with Gasteiger partial charge in [0.25, 0.3) is 5.91 Å². The molecule has 0 saturated carbocycles. The van der Waals surface area contributed by atoms with Crippen molar-refractivity contribution < 1.29 is 9.18 Å². The van der Waals surface area contributed by atoms with E-state index in [1.807, 2.05) is 6.92 Å². The predicted octanol–water partition coefficient (Wildman–Crippen LogP) is 2.03. The Morgan fingerprint density at radius 2 is 2.31 bits per heavy atom. The zero-order valence-electron chi connectivity index (χ0n) is 9.24. The van der Waals surface area contributed by atoms with Crippen LogP contribution in [0.3, 0.4) is 0 Å². The van der Waals surface area contributed by atoms with Gasteiger partial charge in [-0.1, -0.05) is 6.07 Å². The number of nitrogens with zero attached hydrogens (tertiary/aromatic N) is 1. The first-order valence-electron chi connectivity index (χ1n) is 5.46. The molecule has 4 heteroatoms. The molecule has 0 bridgehead atoms. The van der Waals surface area contributed by atoms with Gasteiger partial charge in [0, 0.05) is 12.6 Å². The SMILES string of the molecule is CC1CCCN1C(=O)c1cccc(F)c1N. The van der Waals surface area contributed by atoms with Crippen LogP contribution in [0.2, 0.25) is 0 Å². The summed E-state index contributed by atoms with van der Waals surface area (Å²) >= 11 is 0. The first-order chi connectivity index (χ1) is 7.61. The Kier molecular flexibility index (Phi) is 2.81. The van der Waals surface area contributed by atoms with Crippen molar-refractivity contribution in [3.8, 4) is 0 Å². The third kappa shape index (κ3) is 1.75. The van der Waals surface area contributed by atoms with Crippen molar-refractivity contribution in [3.05, 3.63) is 29.6 Å². The van der Waals surface area contributed by atoms with E-state index in [1.54, 1.807) is 11.0 Å². The van der Waals surface area contributed by atoms with E-state index in [4.69, 9.17) is 5.73 Å². The van der Waals surface area contributed by atoms with E-state index in [1.165, 1.54) is 12.1 Å². The van der Waals surface area contributed by atoms with Crippen LogP contribution in [0.5, 0.6) is 0 Å². The van der Waals surface area contributed by atoms with Crippen LogP contribution in [0.4, 0.5) is 10.1 Å². The fourth-order valence-corrected chi connectivity index (χ4v) is 2.11. The van der Waals surface area contributed by atoms with Gasteiger partial charge in [-0.2, -0.15) is 0 Å². The second-order valence-electron chi connectivity index (χ2n) is 4.19. The zero-order chi connectivity index (χ0) is 11.7. The summed E-state index contributed by atoms with van der Waals surface area (Å²) in [7, 11) is 0. The number of anilines is 1. The number of rotatable bonds is 1. The second kappa shape index (κ2) is 4.12. The molecule has 2 rings (SSSR count). The predicted molar refractivity (Wildman–Crippen MR) is 60.5 cm³/mol. The minimum atomic E-state index is -0.530. The van der Waals surface area contributed by atoms with E-state index >= 15 is 0 Å². The number of amides is 1. The number of benzene rings is 1. The zero-order valence-corrected chi connectivity index (χ0v) is 9.24. The summed E-state index contributed by atoms with van der Waals surface area (Å²) in [6.45, 7) is 2.73. The number of nitrogens with two attached hydrogens (primary N) is 1. The summed E-state index contributed by atoms with van der Waals surface area (Å²) in [5, 5.41) is 0. The van der Waals surface area contributed by atoms with E-state index < -0.39 is 5.82 Å². The van der Waals surface area contributed by atoms with E-state index in [0.29, 0.717) is 0 Å². The first kappa shape index (κ1) is 10.9. The summed E-state index contributed by atoms with van der Waals surface area (Å²) in [5.74, 6) is -0.695. The van der Waals surface area contributed by atoms with Gasteiger partial charge in [0.15, 0.2) is 0 Å². The lowest BCUT2D eigenvalue weighted by Crippen LogP contribution is -2.34. The summed E-state index contributed by atoms with van der Waals surface area (Å²) in [4.78, 5) is 13.9. The highest BCUT2D eigenvalue weighted by molar-refractivity contribution is 5.99. The molecular formula is C12H15FN2O. The smallest absolute Gasteiger partial charge is 0.256 e. The van der Waals surface area contributed by atoms with Crippen LogP contribution in [0.15, 0.2) is 18.2 Å². The maximum atomic E-state index is 13.2. The molecule has 1 fully saturated rings. The Morgan fingerprint density at radius 3 is 2.94 bits per heavy atom. The van der Waals surface area contributed by atoms with E-state index in [9.17, 15) is 9.18 Å². The number of likely N-dealkylation sites (tertiary alicyclic amines) is 1. The van der Waals surface area contributed by atoms with Crippen molar-refractivity contribution in [1.82, 2.24) is 4.90 Å². The first-order valence-corrected chi connectivity index (χ1v) is 5.46. The molecule has 0 aromatic heterocycles. The molecule has 1 saturated heterocycles. The lowest BCUT2D eigenvalue weighted by atomic mass is 10.1. The van der Waals surface area contributed by atoms with Gasteiger partial charge in [0.05, 0.1) is 11.3 Å². The summed E-state index contributed by atoms with van der Waals surface area (Å²) in [6, 6.07) is 4.57. The van der Waals surface area contributed by atoms with E-state index in [0.717, 1.165) is 19.4 Å². The lowest BCUT2D eigenvalue weighted by molar-refractivity contribution is 0.0748. The summed E-state index contributed by atoms with van der Waals surface area (Å²) in [5.41, 5.74) is 5.80. The third-order valence-corrected chi connectivity index (χ3v) is 3.10. The molecule has 1 atom stereocenters. The van der Waals surface area contributed by atoms with Crippen molar-refractivity contribution in [2.24, 2.45) is 0 Å². The molecule has 2 N–H and O–H groups in total. The molecule has 3 nitrogen and oxygen atoms in total. The molecule has 1 aromatic rings. The normalized spacial score (nSPS) is 20.1. The number of para-hydroxylation sites is 1. The highest BCUT2D eigenvalue weighted by Gasteiger charge is 2.27. The summed E-state index contributed by atoms with van der Waals surface area (Å²) in [6.07, 6.45) is 2.00. The number of nitrogen functional groups attached to an aromatic ring is 1. The number of halogens is 1. The minimum Gasteiger partial charge on any atom is -0.396 e. The molecule has 0 aliphatic carbocycles. The molecule has 0 spiro atoms. The van der Waals surface area contributed by atoms with E-state index in [2.05, 4.69) is 0 Å². The van der Waals surface area contributed by atoms with Crippen LogP contribution in [0.1, 0.15) is 30.1 Å². The number of hydrogen-bond donors (Lipinski definition) is 1. The van der Waals surface area contributed by atoms with Gasteiger partial charge < -0.3 is 10.6 Å². The van der Waals surface area contributed by atoms with Crippen molar-refractivity contribution in [3.63, 3.8) is 0 Å². The van der Waals surface area contributed by atoms with Gasteiger partial charge in [-0.3, -0.25) is 4.79 Å². The monoisotopic (exact) mass is 222 g/mol. The lowest BCUT2D eigenvalue weighted by Gasteiger charge is -2.22. The maximum absolute atomic E-state index is 13.2. The van der Waals surface area contributed by atoms with Crippen LogP contribution in [-0.4, -0.2) is 23.4 Å². The second-order valence-corrected chi connectivity index (χ2v) is 4.19. The van der Waals surface area contributed by atoms with Crippen LogP contribution in [0, 0.1) is 5.82 Å². The molecule has 1 unspecified atom stereocenters. The Morgan fingerprint density at radius 1 is 1.56 bits per heavy atom. The molecule has 1 aliphatic rings. The highest BCUT2D eigenvalue weighted by atomic mass is 19.1. The summed E-state index contributed by atoms with van der Waals surface area (Å²) < 4.78 is 13.2. The molecular weight excluding hydrogens is 207 g/mol. The Bertz CT molecular complexity index is 419. The molecule has 1 aromatic carbocycles. The van der Waals surface area contributed by atoms with Gasteiger partial charge in [0.2, 0.25) is 0 Å². The average Bonchev–Trinajstić information content (AvgIpc) is 2.68. The maximum Gasteiger partial charge on any atom is 0.256 e. The fourth-order valence-electron chi connectivity index (χ4n) is 2.11. The Balaban J connectivity index is 2.30. The van der Waals surface area contributed by atoms with Crippen molar-refractivity contribution in [2.75, 3.05) is 12.3 Å². The van der Waals surface area contributed by atoms with Gasteiger partial charge >= 0.3 is 0 Å². The van der Waals surface area contributed by atoms with Crippen molar-refractivity contribution in [1.29, 1.82) is 0 Å². The standard InChI is InChI=1S/C12H15FN2O/c1-8-4-3-7-15(8)12(16)9-5-2-6-10(13)11(9)14/h2,5-6,8H,3-4,7,14H2,1H3. The topological polar surface area (TPSA) is 46.3 Å². The number of carbonyl (C=O) groups is 1. The van der Waals surface area contributed by atoms with Gasteiger partial charge in [-0.05, 0) is 31.9 Å². The van der Waals surface area contributed by atoms with Crippen LogP contribution < -0.4 is 5.73 Å². The highest BCUT2D eigenvalue weighted by Crippen LogP contribution is 2.23. The van der Waals surface area contributed by atoms with Crippen LogP contribution >= 0.6 is 0 Å². The third-order valence-electron chi connectivity index (χ3n) is 3.10. The fraction of sp³-hybridized carbons (Fsp3) is 0.417. The van der Waals surface area contributed by atoms with Crippen molar-refractivity contribution >= 4 is 11.6 Å². The van der Waals surface area contributed by atoms with E-state index in [-0.39, 0.29) is 23.2 Å². The number of carbonyl (C=O) groups excluding carboxylic acids is 1. The van der Waals surface area contributed by atoms with Crippen LogP contribution in [0.25, 0.3) is 0 Å². The average molecular weight is 222 g/mol. The molecule has 0 radical (unpaired) electrons. The molecule has 86 valence electrons. The quantitative estimate of drug-likeness (QED) is 0.739. The van der Waals surface area contributed by atoms with Crippen molar-refractivity contribution in [2.45, 2.75) is 25.8 Å². The molecule has 1 aliphatic heterocycles. The van der Waals surface area contributed by atoms with Gasteiger partial charge in [0.1, 0.15) is 5.82 Å². The van der Waals surface area contributed by atoms with Gasteiger partial charge in [-0.25, -0.2) is 4.39 Å². The number of hydrogen-bond acceptors (Lipinski definition) is 2. The molecule has 16 heavy (non-hydrogen) atoms. The largest absolute Gasteiger partial charge is 0.396 e. The molecule has 1 heterocycles. The van der Waals surface area contributed by atoms with Crippen LogP contribution in [-0.2, 0) is 0 Å².